The van der Waals surface area contributed by atoms with Crippen molar-refractivity contribution in [2.75, 3.05) is 5.32 Å². The second-order valence-corrected chi connectivity index (χ2v) is 8.97. The highest BCUT2D eigenvalue weighted by molar-refractivity contribution is 9.10. The SMILES string of the molecule is O=C(Cc1csc(-c2cc(Br)cs2)n1)Nc1nc2cc(F)c(F)cc2s1. The molecule has 1 N–H and O–H groups in total. The summed E-state index contributed by atoms with van der Waals surface area (Å²) in [5, 5.41) is 7.62. The number of nitrogens with one attached hydrogen (secondary N) is 1. The molecule has 0 aliphatic rings. The summed E-state index contributed by atoms with van der Waals surface area (Å²) in [6, 6.07) is 4.07. The Labute approximate surface area is 166 Å². The van der Waals surface area contributed by atoms with E-state index < -0.39 is 11.6 Å². The number of nitrogens with zero attached hydrogens (tertiary/aromatic N) is 2. The number of rotatable bonds is 4. The zero-order valence-corrected chi connectivity index (χ0v) is 16.8. The van der Waals surface area contributed by atoms with Gasteiger partial charge in [-0.2, -0.15) is 0 Å². The Morgan fingerprint density at radius 3 is 2.69 bits per heavy atom. The minimum absolute atomic E-state index is 0.0989. The number of carbonyl (C=O) groups is 1. The van der Waals surface area contributed by atoms with Crippen molar-refractivity contribution >= 4 is 71.2 Å². The summed E-state index contributed by atoms with van der Waals surface area (Å²) in [6.07, 6.45) is 0.0989. The fourth-order valence-corrected chi connectivity index (χ4v) is 5.45. The van der Waals surface area contributed by atoms with Crippen LogP contribution in [-0.2, 0) is 11.2 Å². The molecule has 26 heavy (non-hydrogen) atoms. The molecule has 132 valence electrons. The minimum Gasteiger partial charge on any atom is -0.302 e. The lowest BCUT2D eigenvalue weighted by Crippen LogP contribution is -2.14. The zero-order valence-electron chi connectivity index (χ0n) is 12.8. The first-order valence-electron chi connectivity index (χ1n) is 7.22. The molecule has 3 heterocycles. The molecule has 4 rings (SSSR count). The maximum absolute atomic E-state index is 13.3. The summed E-state index contributed by atoms with van der Waals surface area (Å²) in [5.41, 5.74) is 0.966. The molecule has 0 unspecified atom stereocenters. The third-order valence-electron chi connectivity index (χ3n) is 3.35. The number of carbonyl (C=O) groups excluding carboxylic acids is 1. The van der Waals surface area contributed by atoms with Gasteiger partial charge in [0.2, 0.25) is 5.91 Å². The number of hydrogen-bond acceptors (Lipinski definition) is 6. The van der Waals surface area contributed by atoms with Gasteiger partial charge in [-0.15, -0.1) is 22.7 Å². The van der Waals surface area contributed by atoms with Crippen LogP contribution in [0.4, 0.5) is 13.9 Å². The van der Waals surface area contributed by atoms with Gasteiger partial charge in [0.05, 0.1) is 27.2 Å². The molecule has 10 heteroatoms. The highest BCUT2D eigenvalue weighted by Gasteiger charge is 2.14. The number of thiazole rings is 2. The number of anilines is 1. The molecular weight excluding hydrogens is 464 g/mol. The van der Waals surface area contributed by atoms with Crippen LogP contribution in [0.5, 0.6) is 0 Å². The average Bonchev–Trinajstić information content (AvgIpc) is 3.28. The van der Waals surface area contributed by atoms with E-state index >= 15 is 0 Å². The van der Waals surface area contributed by atoms with Crippen molar-refractivity contribution in [1.82, 2.24) is 9.97 Å². The fraction of sp³-hybridized carbons (Fsp3) is 0.0625. The van der Waals surface area contributed by atoms with E-state index in [1.165, 1.54) is 11.3 Å². The topological polar surface area (TPSA) is 54.9 Å². The molecule has 0 bridgehead atoms. The van der Waals surface area contributed by atoms with Gasteiger partial charge in [0.1, 0.15) is 5.01 Å². The summed E-state index contributed by atoms with van der Waals surface area (Å²) in [4.78, 5) is 21.8. The van der Waals surface area contributed by atoms with Crippen molar-refractivity contribution in [3.8, 4) is 9.88 Å². The Morgan fingerprint density at radius 1 is 1.12 bits per heavy atom. The van der Waals surface area contributed by atoms with Crippen LogP contribution in [0.15, 0.2) is 33.4 Å². The standard InChI is InChI=1S/C16H8BrF2N3OS3/c17-7-1-13(24-5-7)15-20-8(6-25-15)2-14(23)22-16-21-11-3-9(18)10(19)4-12(11)26-16/h1,3-6H,2H2,(H,21,22,23). The average molecular weight is 472 g/mol. The van der Waals surface area contributed by atoms with Gasteiger partial charge in [0.15, 0.2) is 16.8 Å². The molecule has 0 spiro atoms. The zero-order chi connectivity index (χ0) is 18.3. The Morgan fingerprint density at radius 2 is 1.92 bits per heavy atom. The number of fused-ring (bicyclic) bond motifs is 1. The van der Waals surface area contributed by atoms with Gasteiger partial charge in [0.25, 0.3) is 0 Å². The number of halogens is 3. The van der Waals surface area contributed by atoms with E-state index in [2.05, 4.69) is 31.2 Å². The van der Waals surface area contributed by atoms with E-state index in [1.807, 2.05) is 16.8 Å². The number of thiophene rings is 1. The summed E-state index contributed by atoms with van der Waals surface area (Å²) in [6.45, 7) is 0. The van der Waals surface area contributed by atoms with Crippen molar-refractivity contribution in [3.63, 3.8) is 0 Å². The van der Waals surface area contributed by atoms with Crippen molar-refractivity contribution in [1.29, 1.82) is 0 Å². The monoisotopic (exact) mass is 471 g/mol. The molecule has 0 radical (unpaired) electrons. The Kier molecular flexibility index (Phi) is 4.82. The Hall–Kier alpha value is -1.75. The van der Waals surface area contributed by atoms with Crippen LogP contribution in [0.3, 0.4) is 0 Å². The predicted octanol–water partition coefficient (Wildman–Crippen LogP) is 5.70. The van der Waals surface area contributed by atoms with Crippen LogP contribution in [0, 0.1) is 11.6 Å². The summed E-state index contributed by atoms with van der Waals surface area (Å²) >= 11 is 7.55. The molecule has 0 aliphatic carbocycles. The van der Waals surface area contributed by atoms with Gasteiger partial charge >= 0.3 is 0 Å². The first-order valence-corrected chi connectivity index (χ1v) is 10.6. The number of aromatic nitrogens is 2. The van der Waals surface area contributed by atoms with E-state index in [-0.39, 0.29) is 12.3 Å². The van der Waals surface area contributed by atoms with Crippen LogP contribution in [0.2, 0.25) is 0 Å². The van der Waals surface area contributed by atoms with Crippen molar-refractivity contribution in [2.45, 2.75) is 6.42 Å². The largest absolute Gasteiger partial charge is 0.302 e. The fourth-order valence-electron chi connectivity index (χ4n) is 2.23. The maximum atomic E-state index is 13.3. The molecule has 1 aromatic carbocycles. The molecule has 0 saturated heterocycles. The van der Waals surface area contributed by atoms with Crippen LogP contribution in [-0.4, -0.2) is 15.9 Å². The maximum Gasteiger partial charge on any atom is 0.232 e. The van der Waals surface area contributed by atoms with Crippen LogP contribution in [0.25, 0.3) is 20.1 Å². The third-order valence-corrected chi connectivity index (χ3v) is 7.03. The molecule has 0 saturated carbocycles. The lowest BCUT2D eigenvalue weighted by Gasteiger charge is -1.98. The predicted molar refractivity (Wildman–Crippen MR) is 105 cm³/mol. The van der Waals surface area contributed by atoms with Gasteiger partial charge in [-0.3, -0.25) is 4.79 Å². The molecule has 3 aromatic heterocycles. The molecule has 0 atom stereocenters. The number of amides is 1. The van der Waals surface area contributed by atoms with E-state index in [0.29, 0.717) is 21.0 Å². The Balaban J connectivity index is 1.46. The first kappa shape index (κ1) is 17.7. The molecule has 0 fully saturated rings. The van der Waals surface area contributed by atoms with Crippen molar-refractivity contribution in [3.05, 3.63) is 50.8 Å². The van der Waals surface area contributed by atoms with E-state index in [4.69, 9.17) is 0 Å². The number of hydrogen-bond donors (Lipinski definition) is 1. The molecule has 4 nitrogen and oxygen atoms in total. The van der Waals surface area contributed by atoms with Gasteiger partial charge in [-0.05, 0) is 28.1 Å². The van der Waals surface area contributed by atoms with Crippen LogP contribution in [0.1, 0.15) is 5.69 Å². The second kappa shape index (κ2) is 7.10. The second-order valence-electron chi connectivity index (χ2n) is 5.25. The lowest BCUT2D eigenvalue weighted by molar-refractivity contribution is -0.115. The quantitative estimate of drug-likeness (QED) is 0.415. The van der Waals surface area contributed by atoms with Gasteiger partial charge in [0, 0.05) is 21.3 Å². The highest BCUT2D eigenvalue weighted by Crippen LogP contribution is 2.32. The summed E-state index contributed by atoms with van der Waals surface area (Å²) in [7, 11) is 0. The summed E-state index contributed by atoms with van der Waals surface area (Å²) < 4.78 is 28.0. The Bertz CT molecular complexity index is 1080. The first-order chi connectivity index (χ1) is 12.5. The van der Waals surface area contributed by atoms with Crippen LogP contribution < -0.4 is 5.32 Å². The van der Waals surface area contributed by atoms with E-state index in [1.54, 1.807) is 11.3 Å². The lowest BCUT2D eigenvalue weighted by atomic mass is 10.3. The molecular formula is C16H8BrF2N3OS3. The van der Waals surface area contributed by atoms with Crippen LogP contribution >= 0.6 is 49.9 Å². The van der Waals surface area contributed by atoms with Gasteiger partial charge in [-0.1, -0.05) is 11.3 Å². The van der Waals surface area contributed by atoms with Gasteiger partial charge < -0.3 is 5.32 Å². The highest BCUT2D eigenvalue weighted by atomic mass is 79.9. The van der Waals surface area contributed by atoms with Crippen molar-refractivity contribution < 1.29 is 13.6 Å². The third kappa shape index (κ3) is 3.68. The van der Waals surface area contributed by atoms with Crippen molar-refractivity contribution in [2.24, 2.45) is 0 Å². The number of benzene rings is 1. The smallest absolute Gasteiger partial charge is 0.232 e. The molecule has 1 amide bonds. The van der Waals surface area contributed by atoms with E-state index in [9.17, 15) is 13.6 Å². The van der Waals surface area contributed by atoms with E-state index in [0.717, 1.165) is 37.8 Å². The molecule has 4 aromatic rings. The van der Waals surface area contributed by atoms with Gasteiger partial charge in [-0.25, -0.2) is 18.7 Å². The minimum atomic E-state index is -0.962. The molecule has 0 aliphatic heterocycles. The normalized spacial score (nSPS) is 11.2. The summed E-state index contributed by atoms with van der Waals surface area (Å²) in [5.74, 6) is -2.18.